The lowest BCUT2D eigenvalue weighted by Crippen LogP contribution is -2.32. The van der Waals surface area contributed by atoms with Crippen molar-refractivity contribution >= 4 is 34.5 Å². The van der Waals surface area contributed by atoms with E-state index in [9.17, 15) is 4.79 Å². The van der Waals surface area contributed by atoms with E-state index in [1.54, 1.807) is 6.07 Å². The Morgan fingerprint density at radius 3 is 2.75 bits per heavy atom. The number of fused-ring (bicyclic) bond motifs is 1. The third-order valence-corrected chi connectivity index (χ3v) is 4.86. The maximum absolute atomic E-state index is 12.3. The molecule has 24 heavy (non-hydrogen) atoms. The van der Waals surface area contributed by atoms with Crippen LogP contribution in [0.4, 0.5) is 5.69 Å². The number of anilines is 1. The molecule has 0 unspecified atom stereocenters. The second kappa shape index (κ2) is 7.88. The molecule has 0 bridgehead atoms. The van der Waals surface area contributed by atoms with Gasteiger partial charge in [0.1, 0.15) is 13.2 Å². The number of ether oxygens (including phenoxy) is 2. The molecule has 1 aliphatic rings. The molecule has 1 aromatic carbocycles. The van der Waals surface area contributed by atoms with Crippen LogP contribution in [0.1, 0.15) is 11.8 Å². The molecule has 0 fully saturated rings. The highest BCUT2D eigenvalue weighted by Gasteiger charge is 2.14. The molecule has 1 amide bonds. The van der Waals surface area contributed by atoms with E-state index in [2.05, 4.69) is 10.2 Å². The van der Waals surface area contributed by atoms with Gasteiger partial charge in [-0.1, -0.05) is 18.5 Å². The van der Waals surface area contributed by atoms with Crippen LogP contribution in [0, 0.1) is 0 Å². The Hall–Kier alpha value is -1.76. The van der Waals surface area contributed by atoms with Crippen LogP contribution in [0.25, 0.3) is 0 Å². The average Bonchev–Trinajstić information content (AvgIpc) is 2.99. The molecule has 0 saturated heterocycles. The second-order valence-electron chi connectivity index (χ2n) is 5.42. The van der Waals surface area contributed by atoms with Crippen LogP contribution in [-0.2, 0) is 11.3 Å². The van der Waals surface area contributed by atoms with Gasteiger partial charge in [-0.2, -0.15) is 0 Å². The Bertz CT molecular complexity index is 720. The van der Waals surface area contributed by atoms with E-state index < -0.39 is 0 Å². The van der Waals surface area contributed by atoms with Gasteiger partial charge in [0.2, 0.25) is 5.91 Å². The molecule has 2 heterocycles. The molecule has 0 radical (unpaired) electrons. The van der Waals surface area contributed by atoms with Gasteiger partial charge in [0.25, 0.3) is 0 Å². The summed E-state index contributed by atoms with van der Waals surface area (Å²) < 4.78 is 11.8. The van der Waals surface area contributed by atoms with Gasteiger partial charge in [0.05, 0.1) is 10.9 Å². The Balaban J connectivity index is 1.57. The van der Waals surface area contributed by atoms with E-state index in [4.69, 9.17) is 21.1 Å². The minimum atomic E-state index is -0.0591. The minimum Gasteiger partial charge on any atom is -0.486 e. The second-order valence-corrected chi connectivity index (χ2v) is 7.22. The molecule has 3 rings (SSSR count). The third kappa shape index (κ3) is 4.41. The van der Waals surface area contributed by atoms with Gasteiger partial charge in [0.15, 0.2) is 11.5 Å². The van der Waals surface area contributed by atoms with Crippen molar-refractivity contribution < 1.29 is 14.3 Å². The van der Waals surface area contributed by atoms with Crippen molar-refractivity contribution in [2.45, 2.75) is 13.5 Å². The Morgan fingerprint density at radius 1 is 1.25 bits per heavy atom. The van der Waals surface area contributed by atoms with E-state index in [0.29, 0.717) is 43.5 Å². The Morgan fingerprint density at radius 2 is 2.04 bits per heavy atom. The lowest BCUT2D eigenvalue weighted by Gasteiger charge is -2.20. The summed E-state index contributed by atoms with van der Waals surface area (Å²) in [7, 11) is 0. The smallest absolute Gasteiger partial charge is 0.238 e. The molecule has 0 aliphatic carbocycles. The number of nitrogens with one attached hydrogen (secondary N) is 1. The Kier molecular flexibility index (Phi) is 5.60. The molecule has 0 saturated carbocycles. The first-order chi connectivity index (χ1) is 11.6. The maximum Gasteiger partial charge on any atom is 0.238 e. The van der Waals surface area contributed by atoms with Crippen molar-refractivity contribution in [3.8, 4) is 11.5 Å². The molecule has 0 spiro atoms. The quantitative estimate of drug-likeness (QED) is 0.848. The fraction of sp³-hybridized carbons (Fsp3) is 0.353. The van der Waals surface area contributed by atoms with Crippen LogP contribution in [0.15, 0.2) is 30.3 Å². The maximum atomic E-state index is 12.3. The number of hydrogen-bond acceptors (Lipinski definition) is 5. The number of likely N-dealkylation sites (N-methyl/N-ethyl adjacent to an activating group) is 1. The van der Waals surface area contributed by atoms with Gasteiger partial charge in [0, 0.05) is 23.2 Å². The number of carbonyl (C=O) groups is 1. The van der Waals surface area contributed by atoms with Crippen molar-refractivity contribution in [2.24, 2.45) is 0 Å². The monoisotopic (exact) mass is 366 g/mol. The van der Waals surface area contributed by atoms with Gasteiger partial charge in [-0.25, -0.2) is 0 Å². The number of benzene rings is 1. The lowest BCUT2D eigenvalue weighted by molar-refractivity contribution is -0.117. The average molecular weight is 367 g/mol. The predicted molar refractivity (Wildman–Crippen MR) is 96.3 cm³/mol. The summed E-state index contributed by atoms with van der Waals surface area (Å²) in [5, 5.41) is 2.91. The molecule has 1 N–H and O–H groups in total. The molecule has 5 nitrogen and oxygen atoms in total. The van der Waals surface area contributed by atoms with Crippen molar-refractivity contribution in [3.05, 3.63) is 39.5 Å². The van der Waals surface area contributed by atoms with Gasteiger partial charge < -0.3 is 14.8 Å². The molecular formula is C17H19ClN2O3S. The predicted octanol–water partition coefficient (Wildman–Crippen LogP) is 3.63. The highest BCUT2D eigenvalue weighted by Crippen LogP contribution is 2.32. The van der Waals surface area contributed by atoms with Crippen molar-refractivity contribution in [1.82, 2.24) is 4.90 Å². The number of thiophene rings is 1. The highest BCUT2D eigenvalue weighted by molar-refractivity contribution is 7.16. The van der Waals surface area contributed by atoms with Gasteiger partial charge in [-0.3, -0.25) is 9.69 Å². The first-order valence-corrected chi connectivity index (χ1v) is 8.99. The zero-order chi connectivity index (χ0) is 16.9. The zero-order valence-corrected chi connectivity index (χ0v) is 15.0. The summed E-state index contributed by atoms with van der Waals surface area (Å²) in [6.45, 7) is 4.92. The highest BCUT2D eigenvalue weighted by atomic mass is 35.5. The van der Waals surface area contributed by atoms with Crippen LogP contribution in [0.3, 0.4) is 0 Å². The summed E-state index contributed by atoms with van der Waals surface area (Å²) in [6.07, 6.45) is 0. The fourth-order valence-electron chi connectivity index (χ4n) is 2.46. The SMILES string of the molecule is CCN(CC(=O)Nc1ccc2c(c1)OCCO2)Cc1ccc(Cl)s1. The number of halogens is 1. The van der Waals surface area contributed by atoms with Gasteiger partial charge >= 0.3 is 0 Å². The molecule has 128 valence electrons. The summed E-state index contributed by atoms with van der Waals surface area (Å²) in [5.74, 6) is 1.32. The largest absolute Gasteiger partial charge is 0.486 e. The molecular weight excluding hydrogens is 348 g/mol. The van der Waals surface area contributed by atoms with Gasteiger partial charge in [-0.15, -0.1) is 11.3 Å². The number of nitrogens with zero attached hydrogens (tertiary/aromatic N) is 1. The summed E-state index contributed by atoms with van der Waals surface area (Å²) in [4.78, 5) is 15.5. The standard InChI is InChI=1S/C17H19ClN2O3S/c1-2-20(10-13-4-6-16(18)24-13)11-17(21)19-12-3-5-14-15(9-12)23-8-7-22-14/h3-6,9H,2,7-8,10-11H2,1H3,(H,19,21). The number of amides is 1. The Labute approximate surface area is 150 Å². The van der Waals surface area contributed by atoms with E-state index in [1.807, 2.05) is 31.2 Å². The van der Waals surface area contributed by atoms with E-state index in [-0.39, 0.29) is 5.91 Å². The molecule has 1 aromatic heterocycles. The van der Waals surface area contributed by atoms with Crippen LogP contribution >= 0.6 is 22.9 Å². The lowest BCUT2D eigenvalue weighted by atomic mass is 10.2. The van der Waals surface area contributed by atoms with Crippen LogP contribution in [0.5, 0.6) is 11.5 Å². The summed E-state index contributed by atoms with van der Waals surface area (Å²) >= 11 is 7.50. The van der Waals surface area contributed by atoms with E-state index in [1.165, 1.54) is 11.3 Å². The van der Waals surface area contributed by atoms with Crippen LogP contribution in [0.2, 0.25) is 4.34 Å². The van der Waals surface area contributed by atoms with Crippen LogP contribution < -0.4 is 14.8 Å². The minimum absolute atomic E-state index is 0.0591. The number of rotatable bonds is 6. The van der Waals surface area contributed by atoms with Crippen molar-refractivity contribution in [2.75, 3.05) is 31.6 Å². The first-order valence-electron chi connectivity index (χ1n) is 7.80. The number of hydrogen-bond donors (Lipinski definition) is 1. The molecule has 0 atom stereocenters. The zero-order valence-electron chi connectivity index (χ0n) is 13.4. The fourth-order valence-corrected chi connectivity index (χ4v) is 3.59. The van der Waals surface area contributed by atoms with Crippen molar-refractivity contribution in [1.29, 1.82) is 0 Å². The first kappa shape index (κ1) is 17.1. The normalized spacial score (nSPS) is 13.1. The van der Waals surface area contributed by atoms with Gasteiger partial charge in [-0.05, 0) is 30.8 Å². The molecule has 2 aromatic rings. The summed E-state index contributed by atoms with van der Waals surface area (Å²) in [5.41, 5.74) is 0.708. The topological polar surface area (TPSA) is 50.8 Å². The molecule has 1 aliphatic heterocycles. The van der Waals surface area contributed by atoms with Crippen LogP contribution in [-0.4, -0.2) is 37.1 Å². The number of carbonyl (C=O) groups excluding carboxylic acids is 1. The van der Waals surface area contributed by atoms with E-state index >= 15 is 0 Å². The molecule has 7 heteroatoms. The van der Waals surface area contributed by atoms with Crippen molar-refractivity contribution in [3.63, 3.8) is 0 Å². The summed E-state index contributed by atoms with van der Waals surface area (Å²) in [6, 6.07) is 9.30. The third-order valence-electron chi connectivity index (χ3n) is 3.65. The van der Waals surface area contributed by atoms with E-state index in [0.717, 1.165) is 15.8 Å².